The molecule has 0 fully saturated rings. The Hall–Kier alpha value is -1.65. The molecule has 0 amide bonds. The second-order valence-electron chi connectivity index (χ2n) is 6.01. The molecule has 0 bridgehead atoms. The van der Waals surface area contributed by atoms with E-state index in [0.717, 1.165) is 6.42 Å². The van der Waals surface area contributed by atoms with Gasteiger partial charge in [0.25, 0.3) is 0 Å². The van der Waals surface area contributed by atoms with Crippen LogP contribution in [0.25, 0.3) is 0 Å². The summed E-state index contributed by atoms with van der Waals surface area (Å²) in [7, 11) is 0. The van der Waals surface area contributed by atoms with Crippen molar-refractivity contribution in [1.82, 2.24) is 5.32 Å². The number of halogens is 2. The monoisotopic (exact) mass is 440 g/mol. The molecule has 2 rings (SSSR count). The maximum absolute atomic E-state index is 12.9. The summed E-state index contributed by atoms with van der Waals surface area (Å²) in [5.41, 5.74) is 2.07. The fourth-order valence-electron chi connectivity index (χ4n) is 3.04. The van der Waals surface area contributed by atoms with Gasteiger partial charge in [-0.2, -0.15) is 5.26 Å². The summed E-state index contributed by atoms with van der Waals surface area (Å²) < 4.78 is 5.30. The highest BCUT2D eigenvalue weighted by Gasteiger charge is 2.37. The van der Waals surface area contributed by atoms with E-state index in [-0.39, 0.29) is 13.2 Å². The van der Waals surface area contributed by atoms with E-state index >= 15 is 0 Å². The van der Waals surface area contributed by atoms with Crippen LogP contribution in [0.4, 0.5) is 0 Å². The third-order valence-corrected chi connectivity index (χ3v) is 5.70. The van der Waals surface area contributed by atoms with Crippen LogP contribution >= 0.6 is 35.0 Å². The largest absolute Gasteiger partial charge is 0.463 e. The Balaban J connectivity index is 2.72. The first-order valence-electron chi connectivity index (χ1n) is 8.98. The van der Waals surface area contributed by atoms with Crippen molar-refractivity contribution in [3.63, 3.8) is 0 Å². The molecule has 0 saturated heterocycles. The quantitative estimate of drug-likeness (QED) is 0.567. The highest BCUT2D eigenvalue weighted by molar-refractivity contribution is 8.03. The van der Waals surface area contributed by atoms with Crippen LogP contribution in [0.2, 0.25) is 10.0 Å². The molecule has 0 saturated carbocycles. The van der Waals surface area contributed by atoms with Crippen molar-refractivity contribution >= 4 is 40.9 Å². The van der Waals surface area contributed by atoms with Gasteiger partial charge in [0.2, 0.25) is 0 Å². The number of carbonyl (C=O) groups excluding carboxylic acids is 1. The summed E-state index contributed by atoms with van der Waals surface area (Å²) >= 11 is 13.8. The predicted molar refractivity (Wildman–Crippen MR) is 113 cm³/mol. The lowest BCUT2D eigenvalue weighted by molar-refractivity contribution is -0.138. The zero-order chi connectivity index (χ0) is 20.7. The molecule has 0 aliphatic carbocycles. The number of dihydropyridines is 1. The molecular weight excluding hydrogens is 419 g/mol. The Labute approximate surface area is 179 Å². The number of rotatable bonds is 8. The van der Waals surface area contributed by atoms with Crippen molar-refractivity contribution in [1.29, 1.82) is 5.26 Å². The zero-order valence-corrected chi connectivity index (χ0v) is 18.0. The minimum absolute atomic E-state index is 0.0293. The lowest BCUT2D eigenvalue weighted by atomic mass is 9.81. The average molecular weight is 441 g/mol. The smallest absolute Gasteiger partial charge is 0.336 e. The Morgan fingerprint density at radius 3 is 2.71 bits per heavy atom. The zero-order valence-electron chi connectivity index (χ0n) is 15.7. The van der Waals surface area contributed by atoms with Crippen molar-refractivity contribution in [3.8, 4) is 6.07 Å². The van der Waals surface area contributed by atoms with Gasteiger partial charge in [0.1, 0.15) is 0 Å². The van der Waals surface area contributed by atoms with Crippen LogP contribution in [0.15, 0.2) is 40.1 Å². The second-order valence-corrected chi connectivity index (χ2v) is 7.96. The number of hydrogen-bond acceptors (Lipinski definition) is 6. The number of esters is 1. The van der Waals surface area contributed by atoms with Crippen molar-refractivity contribution in [3.05, 3.63) is 55.7 Å². The number of hydrogen-bond donors (Lipinski definition) is 2. The molecule has 1 aromatic rings. The third-order valence-electron chi connectivity index (χ3n) is 4.14. The molecule has 2 N–H and O–H groups in total. The van der Waals surface area contributed by atoms with Crippen molar-refractivity contribution < 1.29 is 14.6 Å². The van der Waals surface area contributed by atoms with Gasteiger partial charge < -0.3 is 15.2 Å². The van der Waals surface area contributed by atoms with Gasteiger partial charge in [0, 0.05) is 21.5 Å². The van der Waals surface area contributed by atoms with E-state index in [9.17, 15) is 15.2 Å². The Morgan fingerprint density at radius 1 is 1.39 bits per heavy atom. The first-order valence-corrected chi connectivity index (χ1v) is 10.7. The van der Waals surface area contributed by atoms with E-state index < -0.39 is 11.9 Å². The van der Waals surface area contributed by atoms with E-state index in [1.165, 1.54) is 11.8 Å². The predicted octanol–water partition coefficient (Wildman–Crippen LogP) is 4.76. The molecule has 5 nitrogen and oxygen atoms in total. The molecule has 28 heavy (non-hydrogen) atoms. The van der Waals surface area contributed by atoms with Gasteiger partial charge in [-0.1, -0.05) is 42.6 Å². The third kappa shape index (κ3) is 5.03. The number of aliphatic hydroxyl groups excluding tert-OH is 1. The van der Waals surface area contributed by atoms with Crippen molar-refractivity contribution in [2.45, 2.75) is 32.6 Å². The molecule has 150 valence electrons. The molecule has 1 atom stereocenters. The number of allylic oxidation sites excluding steroid dienone is 2. The summed E-state index contributed by atoms with van der Waals surface area (Å²) in [5.74, 6) is -0.728. The van der Waals surface area contributed by atoms with Crippen LogP contribution in [0.5, 0.6) is 0 Å². The summed E-state index contributed by atoms with van der Waals surface area (Å²) in [4.78, 5) is 12.9. The van der Waals surface area contributed by atoms with Gasteiger partial charge >= 0.3 is 5.97 Å². The average Bonchev–Trinajstić information content (AvgIpc) is 2.66. The Morgan fingerprint density at radius 2 is 2.14 bits per heavy atom. The van der Waals surface area contributed by atoms with E-state index in [1.807, 2.05) is 6.92 Å². The van der Waals surface area contributed by atoms with E-state index in [4.69, 9.17) is 27.9 Å². The van der Waals surface area contributed by atoms with Gasteiger partial charge in [0.15, 0.2) is 0 Å². The molecule has 1 aromatic carbocycles. The molecule has 1 aliphatic heterocycles. The minimum Gasteiger partial charge on any atom is -0.463 e. The molecule has 1 unspecified atom stereocenters. The van der Waals surface area contributed by atoms with E-state index in [1.54, 1.807) is 25.1 Å². The number of ether oxygens (including phenoxy) is 1. The van der Waals surface area contributed by atoms with Crippen molar-refractivity contribution in [2.24, 2.45) is 0 Å². The number of nitriles is 1. The fraction of sp³-hybridized carbons (Fsp3) is 0.400. The van der Waals surface area contributed by atoms with Crippen molar-refractivity contribution in [2.75, 3.05) is 19.0 Å². The fourth-order valence-corrected chi connectivity index (χ4v) is 4.37. The second kappa shape index (κ2) is 10.8. The lowest BCUT2D eigenvalue weighted by Crippen LogP contribution is -2.30. The minimum atomic E-state index is -0.669. The van der Waals surface area contributed by atoms with Crippen LogP contribution in [-0.4, -0.2) is 30.0 Å². The molecule has 0 aromatic heterocycles. The molecule has 8 heteroatoms. The molecule has 1 aliphatic rings. The number of benzene rings is 1. The Bertz CT molecular complexity index is 846. The van der Waals surface area contributed by atoms with E-state index in [2.05, 4.69) is 11.4 Å². The van der Waals surface area contributed by atoms with Gasteiger partial charge in [-0.05, 0) is 31.0 Å². The maximum Gasteiger partial charge on any atom is 0.336 e. The molecular formula is C20H22Cl2N2O3S. The molecule has 1 heterocycles. The van der Waals surface area contributed by atoms with Gasteiger partial charge in [0.05, 0.1) is 41.4 Å². The number of aliphatic hydroxyl groups is 1. The van der Waals surface area contributed by atoms with Crippen LogP contribution in [0, 0.1) is 11.3 Å². The highest BCUT2D eigenvalue weighted by atomic mass is 35.5. The summed E-state index contributed by atoms with van der Waals surface area (Å²) in [6.45, 7) is 3.94. The normalized spacial score (nSPS) is 16.6. The Kier molecular flexibility index (Phi) is 8.71. The molecule has 0 spiro atoms. The number of nitrogens with zero attached hydrogens (tertiary/aromatic N) is 1. The van der Waals surface area contributed by atoms with Crippen LogP contribution in [0.1, 0.15) is 38.2 Å². The standard InChI is InChI=1S/C20H22Cl2N2O3S/c1-3-5-16-18(20(26)27-4-2)17(13-7-6-12(21)10-15(13)22)14(11-23)19(24-16)28-9-8-25/h6-7,10,17,24-25H,3-5,8-9H2,1-2H3. The summed E-state index contributed by atoms with van der Waals surface area (Å²) in [5, 5.41) is 23.8. The topological polar surface area (TPSA) is 82.4 Å². The number of nitrogens with one attached hydrogen (secondary N) is 1. The summed E-state index contributed by atoms with van der Waals surface area (Å²) in [6.07, 6.45) is 1.41. The summed E-state index contributed by atoms with van der Waals surface area (Å²) in [6, 6.07) is 7.23. The van der Waals surface area contributed by atoms with Crippen LogP contribution in [0.3, 0.4) is 0 Å². The highest BCUT2D eigenvalue weighted by Crippen LogP contribution is 2.44. The van der Waals surface area contributed by atoms with Gasteiger partial charge in [-0.15, -0.1) is 11.8 Å². The SMILES string of the molecule is CCCC1=C(C(=O)OCC)C(c2ccc(Cl)cc2Cl)C(C#N)=C(SCCO)N1. The first kappa shape index (κ1) is 22.6. The molecule has 0 radical (unpaired) electrons. The van der Waals surface area contributed by atoms with Gasteiger partial charge in [-0.25, -0.2) is 4.79 Å². The maximum atomic E-state index is 12.9. The first-order chi connectivity index (χ1) is 13.5. The van der Waals surface area contributed by atoms with Crippen LogP contribution < -0.4 is 5.32 Å². The lowest BCUT2D eigenvalue weighted by Gasteiger charge is -2.31. The van der Waals surface area contributed by atoms with Crippen LogP contribution in [-0.2, 0) is 9.53 Å². The van der Waals surface area contributed by atoms with E-state index in [0.29, 0.717) is 49.7 Å². The number of carbonyl (C=O) groups is 1. The number of thioether (sulfide) groups is 1. The van der Waals surface area contributed by atoms with Gasteiger partial charge in [-0.3, -0.25) is 0 Å².